The third-order valence-electron chi connectivity index (χ3n) is 14.2. The SMILES string of the molecule is CCC(C)N(C(=O)O)[C@H]1CCCCC/C=C\[C@@H]2C[C@@]2(C(=O)NS(=O)(=O)C2(C)CC2)NC(=O)[C@@H]2C[C@]3(CC(F)(F)c4c(c(C5CC5)nc5ccc(OC)cc45)O3)C(C)N2C1=O. The number of benzene rings is 1. The highest BCUT2D eigenvalue weighted by Gasteiger charge is 2.67. The van der Waals surface area contributed by atoms with Crippen molar-refractivity contribution in [2.45, 2.75) is 163 Å². The number of allylic oxidation sites excluding steroid dienone is 1. The lowest BCUT2D eigenvalue weighted by Crippen LogP contribution is -2.61. The Bertz CT molecular complexity index is 2260. The molecule has 0 bridgehead atoms. The molecule has 326 valence electrons. The van der Waals surface area contributed by atoms with Crippen molar-refractivity contribution >= 4 is 44.7 Å². The molecule has 1 spiro atoms. The Labute approximate surface area is 348 Å². The highest BCUT2D eigenvalue weighted by atomic mass is 32.2. The summed E-state index contributed by atoms with van der Waals surface area (Å²) >= 11 is 0. The number of rotatable bonds is 8. The van der Waals surface area contributed by atoms with E-state index in [9.17, 15) is 27.9 Å². The monoisotopic (exact) mass is 855 g/mol. The molecule has 4 fully saturated rings. The number of carbonyl (C=O) groups excluding carboxylic acids is 3. The summed E-state index contributed by atoms with van der Waals surface area (Å²) in [5, 5.41) is 13.5. The van der Waals surface area contributed by atoms with Crippen LogP contribution >= 0.6 is 0 Å². The lowest BCUT2D eigenvalue weighted by atomic mass is 9.81. The fourth-order valence-electron chi connectivity index (χ4n) is 9.69. The van der Waals surface area contributed by atoms with Crippen LogP contribution in [0, 0.1) is 5.92 Å². The third-order valence-corrected chi connectivity index (χ3v) is 16.3. The van der Waals surface area contributed by atoms with Crippen molar-refractivity contribution in [3.05, 3.63) is 41.6 Å². The maximum absolute atomic E-state index is 17.3. The molecule has 1 aromatic heterocycles. The van der Waals surface area contributed by atoms with Crippen LogP contribution in [0.4, 0.5) is 13.6 Å². The van der Waals surface area contributed by atoms with E-state index in [1.54, 1.807) is 45.9 Å². The number of sulfonamides is 1. The maximum Gasteiger partial charge on any atom is 0.408 e. The summed E-state index contributed by atoms with van der Waals surface area (Å²) in [6.45, 7) is 6.59. The van der Waals surface area contributed by atoms with Crippen LogP contribution in [0.5, 0.6) is 11.5 Å². The first-order valence-corrected chi connectivity index (χ1v) is 22.8. The molecular weight excluding hydrogens is 801 g/mol. The smallest absolute Gasteiger partial charge is 0.408 e. The van der Waals surface area contributed by atoms with Crippen LogP contribution < -0.4 is 19.5 Å². The van der Waals surface area contributed by atoms with Gasteiger partial charge in [0.1, 0.15) is 29.0 Å². The van der Waals surface area contributed by atoms with Gasteiger partial charge in [0.25, 0.3) is 11.8 Å². The molecule has 4 heterocycles. The first-order valence-electron chi connectivity index (χ1n) is 21.3. The Morgan fingerprint density at radius 1 is 1.15 bits per heavy atom. The molecule has 3 saturated carbocycles. The van der Waals surface area contributed by atoms with Crippen molar-refractivity contribution < 1.29 is 51.0 Å². The standard InChI is InChI=1S/C43H55F2N5O9S/c1-6-24(2)49(39(54)55)31-13-11-9-7-8-10-12-27-21-42(27,38(53)48-60(56,57)40(4)18-19-40)47-36(51)32-22-41(25(3)50(32)37(31)52)23-43(44,45)33-29-20-28(58-5)16-17-30(29)46-34(26-14-15-26)35(33)59-41/h10,12,16-17,20,24-27,31-32H,6-9,11,13-15,18-19,21-23H2,1-5H3,(H,47,51)(H,48,53)(H,54,55)/b12-10-/t24?,25?,27-,31+,32+,41+,42-/m1/s1. The molecule has 0 radical (unpaired) electrons. The van der Waals surface area contributed by atoms with Gasteiger partial charge in [-0.2, -0.15) is 0 Å². The number of hydrogen-bond donors (Lipinski definition) is 3. The van der Waals surface area contributed by atoms with Gasteiger partial charge in [-0.05, 0) is 96.8 Å². The minimum absolute atomic E-state index is 0.0764. The maximum atomic E-state index is 17.3. The van der Waals surface area contributed by atoms with E-state index in [0.717, 1.165) is 4.90 Å². The lowest BCUT2D eigenvalue weighted by molar-refractivity contribution is -0.148. The fraction of sp³-hybridized carbons (Fsp3) is 0.651. The molecule has 1 saturated heterocycles. The summed E-state index contributed by atoms with van der Waals surface area (Å²) in [6.07, 6.45) is 6.15. The zero-order valence-corrected chi connectivity index (χ0v) is 35.6. The zero-order valence-electron chi connectivity index (χ0n) is 34.8. The van der Waals surface area contributed by atoms with E-state index in [2.05, 4.69) is 10.0 Å². The minimum Gasteiger partial charge on any atom is -0.497 e. The normalized spacial score (nSPS) is 31.9. The molecule has 7 atom stereocenters. The molecule has 14 nitrogen and oxygen atoms in total. The Balaban J connectivity index is 1.24. The molecule has 3 aliphatic carbocycles. The average Bonchev–Trinajstić information content (AvgIpc) is 4.11. The van der Waals surface area contributed by atoms with E-state index in [1.807, 2.05) is 6.08 Å². The number of ether oxygens (including phenoxy) is 2. The number of nitrogens with one attached hydrogen (secondary N) is 2. The number of nitrogens with zero attached hydrogens (tertiary/aromatic N) is 3. The Morgan fingerprint density at radius 3 is 2.53 bits per heavy atom. The number of aromatic nitrogens is 1. The second-order valence-corrected chi connectivity index (χ2v) is 20.4. The number of amides is 4. The Kier molecular flexibility index (Phi) is 10.4. The van der Waals surface area contributed by atoms with E-state index in [-0.39, 0.29) is 35.5 Å². The molecule has 8 rings (SSSR count). The largest absolute Gasteiger partial charge is 0.497 e. The van der Waals surface area contributed by atoms with Gasteiger partial charge in [0.05, 0.1) is 41.1 Å². The first kappa shape index (κ1) is 42.2. The van der Waals surface area contributed by atoms with Crippen LogP contribution in [0.25, 0.3) is 10.9 Å². The predicted octanol–water partition coefficient (Wildman–Crippen LogP) is 6.26. The molecule has 17 heteroatoms. The van der Waals surface area contributed by atoms with Crippen molar-refractivity contribution in [2.75, 3.05) is 7.11 Å². The number of carboxylic acid groups (broad SMARTS) is 1. The summed E-state index contributed by atoms with van der Waals surface area (Å²) in [5.74, 6) is -6.51. The predicted molar refractivity (Wildman–Crippen MR) is 216 cm³/mol. The molecule has 2 aromatic rings. The van der Waals surface area contributed by atoms with Crippen molar-refractivity contribution in [2.24, 2.45) is 5.92 Å². The second-order valence-electron chi connectivity index (χ2n) is 18.2. The molecule has 1 aromatic carbocycles. The van der Waals surface area contributed by atoms with E-state index in [4.69, 9.17) is 14.5 Å². The second kappa shape index (κ2) is 14.8. The van der Waals surface area contributed by atoms with Gasteiger partial charge in [0.2, 0.25) is 21.8 Å². The molecule has 3 aliphatic heterocycles. The van der Waals surface area contributed by atoms with Gasteiger partial charge in [0.15, 0.2) is 5.75 Å². The van der Waals surface area contributed by atoms with Crippen LogP contribution in [-0.2, 0) is 30.3 Å². The minimum atomic E-state index is -4.11. The van der Waals surface area contributed by atoms with E-state index in [1.165, 1.54) is 18.1 Å². The lowest BCUT2D eigenvalue weighted by Gasteiger charge is -2.44. The van der Waals surface area contributed by atoms with Crippen molar-refractivity contribution in [1.29, 1.82) is 0 Å². The van der Waals surface area contributed by atoms with E-state index in [0.29, 0.717) is 74.7 Å². The van der Waals surface area contributed by atoms with Gasteiger partial charge in [-0.25, -0.2) is 27.0 Å². The van der Waals surface area contributed by atoms with Crippen molar-refractivity contribution in [1.82, 2.24) is 24.8 Å². The summed E-state index contributed by atoms with van der Waals surface area (Å²) in [7, 11) is -2.67. The van der Waals surface area contributed by atoms with Crippen LogP contribution in [0.2, 0.25) is 0 Å². The number of pyridine rings is 1. The summed E-state index contributed by atoms with van der Waals surface area (Å²) in [4.78, 5) is 64.4. The summed E-state index contributed by atoms with van der Waals surface area (Å²) in [6, 6.07) is 0.214. The van der Waals surface area contributed by atoms with Gasteiger partial charge in [-0.15, -0.1) is 0 Å². The van der Waals surface area contributed by atoms with E-state index < -0.39 is 98.6 Å². The van der Waals surface area contributed by atoms with Crippen LogP contribution in [-0.4, -0.2) is 99.3 Å². The van der Waals surface area contributed by atoms with Gasteiger partial charge in [0, 0.05) is 29.7 Å². The van der Waals surface area contributed by atoms with Crippen LogP contribution in [0.3, 0.4) is 0 Å². The van der Waals surface area contributed by atoms with Crippen LogP contribution in [0.15, 0.2) is 30.4 Å². The Morgan fingerprint density at radius 2 is 1.88 bits per heavy atom. The number of alkyl halides is 2. The third kappa shape index (κ3) is 7.05. The molecule has 3 N–H and O–H groups in total. The molecular formula is C43H55F2N5O9S. The zero-order chi connectivity index (χ0) is 43.2. The number of hydrogen-bond acceptors (Lipinski definition) is 9. The van der Waals surface area contributed by atoms with Gasteiger partial charge in [-0.3, -0.25) is 24.0 Å². The topological polar surface area (TPSA) is 185 Å². The molecule has 2 unspecified atom stereocenters. The number of carbonyl (C=O) groups is 4. The van der Waals surface area contributed by atoms with E-state index >= 15 is 13.6 Å². The molecule has 4 amide bonds. The Hall–Kier alpha value is -4.54. The summed E-state index contributed by atoms with van der Waals surface area (Å²) in [5.41, 5.74) is -3.18. The summed E-state index contributed by atoms with van der Waals surface area (Å²) < 4.78 is 74.6. The first-order chi connectivity index (χ1) is 28.3. The highest BCUT2D eigenvalue weighted by molar-refractivity contribution is 7.91. The quantitative estimate of drug-likeness (QED) is 0.256. The fourth-order valence-corrected chi connectivity index (χ4v) is 11.0. The number of fused-ring (bicyclic) bond motifs is 5. The molecule has 60 heavy (non-hydrogen) atoms. The van der Waals surface area contributed by atoms with Crippen molar-refractivity contribution in [3.63, 3.8) is 0 Å². The van der Waals surface area contributed by atoms with Crippen molar-refractivity contribution in [3.8, 4) is 11.5 Å². The average molecular weight is 856 g/mol. The highest BCUT2D eigenvalue weighted by Crippen LogP contribution is 2.59. The van der Waals surface area contributed by atoms with Gasteiger partial charge < -0.3 is 24.8 Å². The molecule has 6 aliphatic rings. The number of halogens is 2. The van der Waals surface area contributed by atoms with Gasteiger partial charge >= 0.3 is 6.09 Å². The van der Waals surface area contributed by atoms with Gasteiger partial charge in [-0.1, -0.05) is 31.9 Å². The number of methoxy groups -OCH3 is 1. The van der Waals surface area contributed by atoms with Crippen LogP contribution in [0.1, 0.15) is 128 Å².